The van der Waals surface area contributed by atoms with Gasteiger partial charge in [0.25, 0.3) is 0 Å². The van der Waals surface area contributed by atoms with Gasteiger partial charge in [-0.05, 0) is 25.7 Å². The fraction of sp³-hybridized carbons (Fsp3) is 0.500. The van der Waals surface area contributed by atoms with Crippen LogP contribution in [-0.2, 0) is 0 Å². The van der Waals surface area contributed by atoms with E-state index in [0.717, 1.165) is 0 Å². The summed E-state index contributed by atoms with van der Waals surface area (Å²) in [6.45, 7) is 0. The lowest BCUT2D eigenvalue weighted by Gasteiger charge is -2.59. The minimum absolute atomic E-state index is 0.538. The molecular weight excluding hydrogens is 144 g/mol. The highest BCUT2D eigenvalue weighted by atomic mass is 14.6. The van der Waals surface area contributed by atoms with Crippen molar-refractivity contribution in [2.45, 2.75) is 25.7 Å². The molecule has 0 radical (unpaired) electrons. The third kappa shape index (κ3) is 0.565. The Kier molecular flexibility index (Phi) is 1.08. The zero-order valence-corrected chi connectivity index (χ0v) is 7.29. The third-order valence-corrected chi connectivity index (χ3v) is 4.08. The first-order chi connectivity index (χ1) is 5.87. The Bertz CT molecular complexity index is 265. The van der Waals surface area contributed by atoms with Gasteiger partial charge in [0.05, 0.1) is 0 Å². The molecule has 2 atom stereocenters. The zero-order valence-electron chi connectivity index (χ0n) is 7.29. The fourth-order valence-corrected chi connectivity index (χ4v) is 3.08. The molecule has 62 valence electrons. The highest BCUT2D eigenvalue weighted by Crippen LogP contribution is 2.65. The van der Waals surface area contributed by atoms with Crippen molar-refractivity contribution in [2.75, 3.05) is 0 Å². The zero-order chi connectivity index (χ0) is 8.07. The molecule has 2 unspecified atom stereocenters. The predicted octanol–water partition coefficient (Wildman–Crippen LogP) is 3.23. The first-order valence-electron chi connectivity index (χ1n) is 4.89. The van der Waals surface area contributed by atoms with Crippen molar-refractivity contribution >= 4 is 0 Å². The Morgan fingerprint density at radius 2 is 1.25 bits per heavy atom. The number of allylic oxidation sites excluding steroid dienone is 6. The van der Waals surface area contributed by atoms with Gasteiger partial charge in [-0.2, -0.15) is 0 Å². The van der Waals surface area contributed by atoms with Crippen LogP contribution < -0.4 is 0 Å². The van der Waals surface area contributed by atoms with Crippen molar-refractivity contribution in [3.05, 3.63) is 36.5 Å². The smallest absolute Gasteiger partial charge is 0.00136 e. The molecule has 3 aliphatic rings. The van der Waals surface area contributed by atoms with Crippen molar-refractivity contribution in [1.29, 1.82) is 0 Å². The Morgan fingerprint density at radius 3 is 1.67 bits per heavy atom. The first-order valence-corrected chi connectivity index (χ1v) is 4.89. The molecule has 0 heterocycles. The van der Waals surface area contributed by atoms with E-state index in [1.54, 1.807) is 0 Å². The molecular formula is C12H14. The normalized spacial score (nSPS) is 48.0. The molecule has 0 aromatic rings. The maximum Gasteiger partial charge on any atom is 0.00136 e. The van der Waals surface area contributed by atoms with E-state index in [1.165, 1.54) is 25.7 Å². The summed E-state index contributed by atoms with van der Waals surface area (Å²) in [6.07, 6.45) is 19.4. The standard InChI is InChI=1S/C12H14/c1-2-6-12-8-4-3-7-11(12,5-1)9-10-12/h1-6H,7-10H2. The molecule has 0 bridgehead atoms. The van der Waals surface area contributed by atoms with Gasteiger partial charge in [-0.3, -0.25) is 0 Å². The second kappa shape index (κ2) is 1.93. The van der Waals surface area contributed by atoms with Gasteiger partial charge in [-0.1, -0.05) is 36.5 Å². The van der Waals surface area contributed by atoms with Crippen molar-refractivity contribution < 1.29 is 0 Å². The number of hydrogen-bond acceptors (Lipinski definition) is 0. The lowest BCUT2D eigenvalue weighted by molar-refractivity contribution is 0.00158. The summed E-state index contributed by atoms with van der Waals surface area (Å²) in [5.41, 5.74) is 1.08. The molecule has 3 rings (SSSR count). The van der Waals surface area contributed by atoms with Crippen LogP contribution in [0.4, 0.5) is 0 Å². The average molecular weight is 158 g/mol. The summed E-state index contributed by atoms with van der Waals surface area (Å²) in [5.74, 6) is 0. The first kappa shape index (κ1) is 6.71. The quantitative estimate of drug-likeness (QED) is 0.475. The molecule has 0 N–H and O–H groups in total. The van der Waals surface area contributed by atoms with Crippen LogP contribution in [0.5, 0.6) is 0 Å². The molecule has 0 spiro atoms. The van der Waals surface area contributed by atoms with E-state index in [0.29, 0.717) is 10.8 Å². The summed E-state index contributed by atoms with van der Waals surface area (Å²) in [5, 5.41) is 0. The van der Waals surface area contributed by atoms with Gasteiger partial charge in [0.2, 0.25) is 0 Å². The second-order valence-electron chi connectivity index (χ2n) is 4.41. The predicted molar refractivity (Wildman–Crippen MR) is 50.8 cm³/mol. The van der Waals surface area contributed by atoms with E-state index in [1.807, 2.05) is 0 Å². The molecule has 0 nitrogen and oxygen atoms in total. The summed E-state index contributed by atoms with van der Waals surface area (Å²) in [7, 11) is 0. The van der Waals surface area contributed by atoms with E-state index < -0.39 is 0 Å². The van der Waals surface area contributed by atoms with Crippen molar-refractivity contribution in [3.63, 3.8) is 0 Å². The van der Waals surface area contributed by atoms with E-state index in [-0.39, 0.29) is 0 Å². The van der Waals surface area contributed by atoms with E-state index >= 15 is 0 Å². The largest absolute Gasteiger partial charge is 0.0876 e. The summed E-state index contributed by atoms with van der Waals surface area (Å²) < 4.78 is 0. The maximum atomic E-state index is 2.44. The summed E-state index contributed by atoms with van der Waals surface area (Å²) in [6, 6.07) is 0. The minimum atomic E-state index is 0.538. The Hall–Kier alpha value is -0.780. The fourth-order valence-electron chi connectivity index (χ4n) is 3.08. The monoisotopic (exact) mass is 158 g/mol. The molecule has 0 aliphatic heterocycles. The van der Waals surface area contributed by atoms with Crippen molar-refractivity contribution in [2.24, 2.45) is 10.8 Å². The van der Waals surface area contributed by atoms with Gasteiger partial charge < -0.3 is 0 Å². The van der Waals surface area contributed by atoms with Crippen LogP contribution in [0.15, 0.2) is 36.5 Å². The van der Waals surface area contributed by atoms with Gasteiger partial charge in [0.1, 0.15) is 0 Å². The van der Waals surface area contributed by atoms with E-state index in [4.69, 9.17) is 0 Å². The van der Waals surface area contributed by atoms with Crippen LogP contribution in [0, 0.1) is 10.8 Å². The number of rotatable bonds is 0. The van der Waals surface area contributed by atoms with Crippen LogP contribution in [0.2, 0.25) is 0 Å². The van der Waals surface area contributed by atoms with E-state index in [9.17, 15) is 0 Å². The molecule has 12 heavy (non-hydrogen) atoms. The molecule has 0 aromatic heterocycles. The molecule has 0 amide bonds. The second-order valence-corrected chi connectivity index (χ2v) is 4.41. The van der Waals surface area contributed by atoms with Gasteiger partial charge in [-0.15, -0.1) is 0 Å². The Balaban J connectivity index is 2.11. The molecule has 0 saturated heterocycles. The average Bonchev–Trinajstić information content (AvgIpc) is 2.09. The topological polar surface area (TPSA) is 0 Å². The lowest BCUT2D eigenvalue weighted by Crippen LogP contribution is -2.50. The maximum absolute atomic E-state index is 2.44. The Labute approximate surface area is 73.7 Å². The van der Waals surface area contributed by atoms with Crippen LogP contribution in [-0.4, -0.2) is 0 Å². The minimum Gasteiger partial charge on any atom is -0.0876 e. The SMILES string of the molecule is C1=CC23CC=CCC2(C=C1)CC3. The van der Waals surface area contributed by atoms with Crippen LogP contribution in [0.25, 0.3) is 0 Å². The van der Waals surface area contributed by atoms with E-state index in [2.05, 4.69) is 36.5 Å². The van der Waals surface area contributed by atoms with Gasteiger partial charge in [0.15, 0.2) is 0 Å². The molecule has 0 heteroatoms. The number of hydrogen-bond donors (Lipinski definition) is 0. The van der Waals surface area contributed by atoms with Gasteiger partial charge in [0, 0.05) is 10.8 Å². The van der Waals surface area contributed by atoms with Crippen molar-refractivity contribution in [3.8, 4) is 0 Å². The summed E-state index contributed by atoms with van der Waals surface area (Å²) in [4.78, 5) is 0. The van der Waals surface area contributed by atoms with Gasteiger partial charge in [-0.25, -0.2) is 0 Å². The molecule has 3 aliphatic carbocycles. The molecule has 0 aromatic carbocycles. The molecule has 1 saturated carbocycles. The Morgan fingerprint density at radius 1 is 0.750 bits per heavy atom. The molecule has 1 fully saturated rings. The highest BCUT2D eigenvalue weighted by molar-refractivity contribution is 5.34. The van der Waals surface area contributed by atoms with Gasteiger partial charge >= 0.3 is 0 Å². The summed E-state index contributed by atoms with van der Waals surface area (Å²) >= 11 is 0. The highest BCUT2D eigenvalue weighted by Gasteiger charge is 2.55. The third-order valence-electron chi connectivity index (χ3n) is 4.08. The van der Waals surface area contributed by atoms with Crippen LogP contribution >= 0.6 is 0 Å². The lowest BCUT2D eigenvalue weighted by atomic mass is 9.44. The van der Waals surface area contributed by atoms with Crippen LogP contribution in [0.3, 0.4) is 0 Å². The van der Waals surface area contributed by atoms with Crippen molar-refractivity contribution in [1.82, 2.24) is 0 Å². The van der Waals surface area contributed by atoms with Crippen LogP contribution in [0.1, 0.15) is 25.7 Å².